The molecule has 1 aliphatic carbocycles. The van der Waals surface area contributed by atoms with Crippen molar-refractivity contribution in [2.75, 3.05) is 26.4 Å². The van der Waals surface area contributed by atoms with Crippen molar-refractivity contribution < 1.29 is 18.3 Å². The van der Waals surface area contributed by atoms with E-state index in [1.807, 2.05) is 0 Å². The van der Waals surface area contributed by atoms with Crippen LogP contribution in [-0.4, -0.2) is 49.7 Å². The average molecular weight is 303 g/mol. The van der Waals surface area contributed by atoms with Gasteiger partial charge in [-0.25, -0.2) is 13.1 Å². The Morgan fingerprint density at radius 2 is 2.30 bits per heavy atom. The maximum absolute atomic E-state index is 12.0. The number of rotatable bonds is 10. The first-order chi connectivity index (χ1) is 9.62. The summed E-state index contributed by atoms with van der Waals surface area (Å²) < 4.78 is 33.3. The van der Waals surface area contributed by atoms with Gasteiger partial charge in [-0.1, -0.05) is 0 Å². The van der Waals surface area contributed by atoms with Crippen molar-refractivity contribution in [1.82, 2.24) is 14.5 Å². The van der Waals surface area contributed by atoms with E-state index in [1.165, 1.54) is 29.9 Å². The number of ether oxygens (including phenoxy) is 1. The maximum Gasteiger partial charge on any atom is 0.243 e. The molecule has 1 aromatic heterocycles. The predicted molar refractivity (Wildman–Crippen MR) is 72.7 cm³/mol. The highest BCUT2D eigenvalue weighted by Crippen LogP contribution is 2.28. The number of nitrogens with one attached hydrogen (secondary N) is 1. The summed E-state index contributed by atoms with van der Waals surface area (Å²) in [5, 5.41) is 12.7. The van der Waals surface area contributed by atoms with E-state index in [4.69, 9.17) is 9.84 Å². The van der Waals surface area contributed by atoms with Gasteiger partial charge in [-0.05, 0) is 25.2 Å². The molecule has 0 aromatic carbocycles. The van der Waals surface area contributed by atoms with Crippen LogP contribution in [0.25, 0.3) is 0 Å². The number of nitrogens with zero attached hydrogens (tertiary/aromatic N) is 2. The summed E-state index contributed by atoms with van der Waals surface area (Å²) in [6, 6.07) is 0. The van der Waals surface area contributed by atoms with Crippen LogP contribution in [0.2, 0.25) is 0 Å². The number of aliphatic hydroxyl groups excluding tert-OH is 1. The third-order valence-corrected chi connectivity index (χ3v) is 4.47. The minimum absolute atomic E-state index is 0.0541. The van der Waals surface area contributed by atoms with E-state index in [-0.39, 0.29) is 18.0 Å². The molecule has 1 fully saturated rings. The molecule has 0 aliphatic heterocycles. The molecule has 0 saturated heterocycles. The second-order valence-corrected chi connectivity index (χ2v) is 6.70. The number of hydrogen-bond acceptors (Lipinski definition) is 5. The molecular formula is C12H21N3O4S. The number of aryl methyl sites for hydroxylation is 1. The lowest BCUT2D eigenvalue weighted by Crippen LogP contribution is -2.27. The van der Waals surface area contributed by atoms with Gasteiger partial charge in [-0.2, -0.15) is 5.10 Å². The van der Waals surface area contributed by atoms with Gasteiger partial charge in [0.25, 0.3) is 0 Å². The van der Waals surface area contributed by atoms with Crippen LogP contribution in [0.4, 0.5) is 0 Å². The molecule has 7 nitrogen and oxygen atoms in total. The Balaban J connectivity index is 1.74. The van der Waals surface area contributed by atoms with Crippen LogP contribution in [0.3, 0.4) is 0 Å². The quantitative estimate of drug-likeness (QED) is 0.592. The topological polar surface area (TPSA) is 93.5 Å². The SMILES string of the molecule is O=S(=O)(NCCOCC1CC1)c1cnn(CCCO)c1. The van der Waals surface area contributed by atoms with Crippen molar-refractivity contribution in [3.05, 3.63) is 12.4 Å². The number of aromatic nitrogens is 2. The highest BCUT2D eigenvalue weighted by Gasteiger charge is 2.21. The number of aliphatic hydroxyl groups is 1. The monoisotopic (exact) mass is 303 g/mol. The molecule has 0 radical (unpaired) electrons. The molecule has 1 aromatic rings. The Morgan fingerprint density at radius 3 is 3.00 bits per heavy atom. The molecule has 2 rings (SSSR count). The maximum atomic E-state index is 12.0. The molecule has 8 heteroatoms. The van der Waals surface area contributed by atoms with Gasteiger partial charge < -0.3 is 9.84 Å². The summed E-state index contributed by atoms with van der Waals surface area (Å²) in [6.07, 6.45) is 5.76. The zero-order valence-corrected chi connectivity index (χ0v) is 12.2. The first-order valence-corrected chi connectivity index (χ1v) is 8.31. The number of hydrogen-bond donors (Lipinski definition) is 2. The molecule has 1 heterocycles. The summed E-state index contributed by atoms with van der Waals surface area (Å²) in [5.41, 5.74) is 0. The molecule has 114 valence electrons. The largest absolute Gasteiger partial charge is 0.396 e. The fourth-order valence-corrected chi connectivity index (χ4v) is 2.67. The molecule has 2 N–H and O–H groups in total. The molecular weight excluding hydrogens is 282 g/mol. The molecule has 1 saturated carbocycles. The fraction of sp³-hybridized carbons (Fsp3) is 0.750. The standard InChI is InChI=1S/C12H21N3O4S/c16-6-1-5-15-9-12(8-13-15)20(17,18)14-4-7-19-10-11-2-3-11/h8-9,11,14,16H,1-7,10H2. The second-order valence-electron chi connectivity index (χ2n) is 4.93. The molecule has 1 aliphatic rings. The van der Waals surface area contributed by atoms with Crippen molar-refractivity contribution in [3.8, 4) is 0 Å². The summed E-state index contributed by atoms with van der Waals surface area (Å²) in [6.45, 7) is 1.92. The summed E-state index contributed by atoms with van der Waals surface area (Å²) >= 11 is 0. The van der Waals surface area contributed by atoms with E-state index in [0.29, 0.717) is 25.5 Å². The lowest BCUT2D eigenvalue weighted by atomic mass is 10.5. The van der Waals surface area contributed by atoms with Crippen LogP contribution in [0, 0.1) is 5.92 Å². The first-order valence-electron chi connectivity index (χ1n) is 6.82. The third kappa shape index (κ3) is 4.86. The van der Waals surface area contributed by atoms with E-state index in [9.17, 15) is 8.42 Å². The van der Waals surface area contributed by atoms with Crippen LogP contribution in [0.15, 0.2) is 17.3 Å². The fourth-order valence-electron chi connectivity index (χ4n) is 1.70. The van der Waals surface area contributed by atoms with Gasteiger partial charge in [0, 0.05) is 32.5 Å². The molecule has 0 spiro atoms. The van der Waals surface area contributed by atoms with Crippen LogP contribution >= 0.6 is 0 Å². The predicted octanol–water partition coefficient (Wildman–Crippen LogP) is -0.0296. The van der Waals surface area contributed by atoms with Crippen molar-refractivity contribution in [3.63, 3.8) is 0 Å². The second kappa shape index (κ2) is 7.16. The first kappa shape index (κ1) is 15.4. The smallest absolute Gasteiger partial charge is 0.243 e. The zero-order valence-electron chi connectivity index (χ0n) is 11.4. The molecule has 0 bridgehead atoms. The van der Waals surface area contributed by atoms with Gasteiger partial charge in [0.05, 0.1) is 12.8 Å². The van der Waals surface area contributed by atoms with E-state index in [1.54, 1.807) is 0 Å². The van der Waals surface area contributed by atoms with Crippen molar-refractivity contribution >= 4 is 10.0 Å². The summed E-state index contributed by atoms with van der Waals surface area (Å²) in [4.78, 5) is 0.137. The van der Waals surface area contributed by atoms with Crippen LogP contribution in [0.5, 0.6) is 0 Å². The Morgan fingerprint density at radius 1 is 1.50 bits per heavy atom. The van der Waals surface area contributed by atoms with Crippen molar-refractivity contribution in [1.29, 1.82) is 0 Å². The van der Waals surface area contributed by atoms with Crippen LogP contribution in [-0.2, 0) is 21.3 Å². The third-order valence-electron chi connectivity index (χ3n) is 3.05. The average Bonchev–Trinajstić information content (AvgIpc) is 3.11. The van der Waals surface area contributed by atoms with Gasteiger partial charge in [0.15, 0.2) is 0 Å². The van der Waals surface area contributed by atoms with Crippen LogP contribution < -0.4 is 4.72 Å². The summed E-state index contributed by atoms with van der Waals surface area (Å²) in [5.74, 6) is 0.677. The molecule has 0 unspecified atom stereocenters. The Labute approximate surface area is 119 Å². The van der Waals surface area contributed by atoms with Gasteiger partial charge >= 0.3 is 0 Å². The van der Waals surface area contributed by atoms with Gasteiger partial charge in [0.1, 0.15) is 4.90 Å². The van der Waals surface area contributed by atoms with Crippen molar-refractivity contribution in [2.45, 2.75) is 30.7 Å². The number of sulfonamides is 1. The van der Waals surface area contributed by atoms with E-state index in [2.05, 4.69) is 9.82 Å². The Kier molecular flexibility index (Phi) is 5.53. The van der Waals surface area contributed by atoms with Gasteiger partial charge in [-0.15, -0.1) is 0 Å². The van der Waals surface area contributed by atoms with Crippen molar-refractivity contribution in [2.24, 2.45) is 5.92 Å². The summed E-state index contributed by atoms with van der Waals surface area (Å²) in [7, 11) is -3.53. The van der Waals surface area contributed by atoms with Crippen LogP contribution in [0.1, 0.15) is 19.3 Å². The minimum atomic E-state index is -3.53. The lowest BCUT2D eigenvalue weighted by molar-refractivity contribution is 0.129. The zero-order chi connectivity index (χ0) is 14.4. The highest BCUT2D eigenvalue weighted by atomic mass is 32.2. The molecule has 0 amide bonds. The van der Waals surface area contributed by atoms with E-state index in [0.717, 1.165) is 6.61 Å². The normalized spacial score (nSPS) is 15.7. The molecule has 0 atom stereocenters. The minimum Gasteiger partial charge on any atom is -0.396 e. The molecule has 20 heavy (non-hydrogen) atoms. The Hall–Kier alpha value is -0.960. The highest BCUT2D eigenvalue weighted by molar-refractivity contribution is 7.89. The van der Waals surface area contributed by atoms with E-state index >= 15 is 0 Å². The Bertz CT molecular complexity index is 511. The lowest BCUT2D eigenvalue weighted by Gasteiger charge is -2.05. The van der Waals surface area contributed by atoms with E-state index < -0.39 is 10.0 Å². The van der Waals surface area contributed by atoms with Gasteiger partial charge in [0.2, 0.25) is 10.0 Å². The van der Waals surface area contributed by atoms with Gasteiger partial charge in [-0.3, -0.25) is 4.68 Å².